The first-order valence-electron chi connectivity index (χ1n) is 10.0. The molecule has 27 heavy (non-hydrogen) atoms. The Hall–Kier alpha value is -2.44. The molecule has 0 bridgehead atoms. The first-order chi connectivity index (χ1) is 13.1. The Balaban J connectivity index is 1.47. The van der Waals surface area contributed by atoms with Crippen molar-refractivity contribution in [3.63, 3.8) is 0 Å². The summed E-state index contributed by atoms with van der Waals surface area (Å²) in [5.74, 6) is 0. The van der Waals surface area contributed by atoms with Crippen LogP contribution in [0.25, 0.3) is 0 Å². The third kappa shape index (κ3) is 3.68. The summed E-state index contributed by atoms with van der Waals surface area (Å²) in [4.78, 5) is 29.7. The van der Waals surface area contributed by atoms with Gasteiger partial charge in [0.15, 0.2) is 0 Å². The fraction of sp³-hybridized carbons (Fsp3) is 0.600. The summed E-state index contributed by atoms with van der Waals surface area (Å²) >= 11 is 0. The highest BCUT2D eigenvalue weighted by molar-refractivity contribution is 5.97. The molecule has 0 spiro atoms. The Morgan fingerprint density at radius 1 is 0.963 bits per heavy atom. The van der Waals surface area contributed by atoms with Gasteiger partial charge in [-0.1, -0.05) is 31.4 Å². The van der Waals surface area contributed by atoms with E-state index in [2.05, 4.69) is 16.3 Å². The largest absolute Gasteiger partial charge is 0.465 e. The number of urea groups is 1. The van der Waals surface area contributed by atoms with Crippen molar-refractivity contribution in [3.05, 3.63) is 24.3 Å². The SMILES string of the molecule is O=C(O)N1CCC(NC(=O)N2CCN(C3CCCCC3)c3ccccc32)C1. The molecule has 1 saturated heterocycles. The van der Waals surface area contributed by atoms with E-state index in [1.54, 1.807) is 0 Å². The van der Waals surface area contributed by atoms with Crippen LogP contribution in [-0.2, 0) is 0 Å². The van der Waals surface area contributed by atoms with Gasteiger partial charge in [0.1, 0.15) is 0 Å². The molecule has 2 N–H and O–H groups in total. The number of nitrogens with one attached hydrogen (secondary N) is 1. The van der Waals surface area contributed by atoms with Crippen LogP contribution in [0.1, 0.15) is 38.5 Å². The van der Waals surface area contributed by atoms with Crippen molar-refractivity contribution >= 4 is 23.5 Å². The highest BCUT2D eigenvalue weighted by Crippen LogP contribution is 2.37. The number of para-hydroxylation sites is 2. The molecular weight excluding hydrogens is 344 g/mol. The van der Waals surface area contributed by atoms with Crippen LogP contribution in [0, 0.1) is 0 Å². The number of amides is 3. The number of benzene rings is 1. The Morgan fingerprint density at radius 2 is 1.70 bits per heavy atom. The average molecular weight is 372 g/mol. The fourth-order valence-corrected chi connectivity index (χ4v) is 4.67. The summed E-state index contributed by atoms with van der Waals surface area (Å²) in [5.41, 5.74) is 2.10. The highest BCUT2D eigenvalue weighted by Gasteiger charge is 2.33. The molecule has 2 heterocycles. The van der Waals surface area contributed by atoms with Crippen molar-refractivity contribution < 1.29 is 14.7 Å². The summed E-state index contributed by atoms with van der Waals surface area (Å²) in [5, 5.41) is 12.1. The van der Waals surface area contributed by atoms with Gasteiger partial charge in [-0.25, -0.2) is 9.59 Å². The van der Waals surface area contributed by atoms with Gasteiger partial charge < -0.3 is 20.2 Å². The van der Waals surface area contributed by atoms with Crippen LogP contribution < -0.4 is 15.1 Å². The molecule has 3 amide bonds. The minimum absolute atomic E-state index is 0.114. The first kappa shape index (κ1) is 17.9. The van der Waals surface area contributed by atoms with Gasteiger partial charge in [-0.2, -0.15) is 0 Å². The van der Waals surface area contributed by atoms with Crippen LogP contribution in [-0.4, -0.2) is 60.4 Å². The monoisotopic (exact) mass is 372 g/mol. The topological polar surface area (TPSA) is 76.1 Å². The van der Waals surface area contributed by atoms with Crippen molar-refractivity contribution in [2.75, 3.05) is 36.0 Å². The molecule has 146 valence electrons. The normalized spacial score (nSPS) is 23.3. The van der Waals surface area contributed by atoms with Gasteiger partial charge in [-0.3, -0.25) is 4.90 Å². The quantitative estimate of drug-likeness (QED) is 0.836. The molecule has 0 aromatic heterocycles. The molecular formula is C20H28N4O3. The zero-order chi connectivity index (χ0) is 18.8. The van der Waals surface area contributed by atoms with Crippen LogP contribution in [0.4, 0.5) is 21.0 Å². The van der Waals surface area contributed by atoms with Crippen molar-refractivity contribution in [3.8, 4) is 0 Å². The number of likely N-dealkylation sites (tertiary alicyclic amines) is 1. The fourth-order valence-electron chi connectivity index (χ4n) is 4.67. The molecule has 4 rings (SSSR count). The molecule has 1 aliphatic carbocycles. The van der Waals surface area contributed by atoms with Crippen LogP contribution >= 0.6 is 0 Å². The van der Waals surface area contributed by atoms with E-state index in [0.29, 0.717) is 32.1 Å². The lowest BCUT2D eigenvalue weighted by atomic mass is 9.93. The van der Waals surface area contributed by atoms with Gasteiger partial charge >= 0.3 is 12.1 Å². The maximum absolute atomic E-state index is 12.9. The summed E-state index contributed by atoms with van der Waals surface area (Å²) in [6, 6.07) is 8.49. The number of hydrogen-bond donors (Lipinski definition) is 2. The Bertz CT molecular complexity index is 704. The van der Waals surface area contributed by atoms with Crippen LogP contribution in [0.2, 0.25) is 0 Å². The predicted molar refractivity (Wildman–Crippen MR) is 105 cm³/mol. The molecule has 7 heteroatoms. The maximum atomic E-state index is 12.9. The highest BCUT2D eigenvalue weighted by atomic mass is 16.4. The Morgan fingerprint density at radius 3 is 2.41 bits per heavy atom. The van der Waals surface area contributed by atoms with Crippen LogP contribution in [0.15, 0.2) is 24.3 Å². The van der Waals surface area contributed by atoms with E-state index in [1.807, 2.05) is 23.1 Å². The van der Waals surface area contributed by atoms with E-state index < -0.39 is 6.09 Å². The number of anilines is 2. The van der Waals surface area contributed by atoms with E-state index in [0.717, 1.165) is 17.9 Å². The number of carbonyl (C=O) groups excluding carboxylic acids is 1. The van der Waals surface area contributed by atoms with Gasteiger partial charge in [0, 0.05) is 38.3 Å². The minimum Gasteiger partial charge on any atom is -0.465 e. The van der Waals surface area contributed by atoms with Gasteiger partial charge in [0.05, 0.1) is 11.4 Å². The number of nitrogens with zero attached hydrogens (tertiary/aromatic N) is 3. The van der Waals surface area contributed by atoms with Gasteiger partial charge in [0.25, 0.3) is 0 Å². The third-order valence-corrected chi connectivity index (χ3v) is 6.09. The molecule has 1 unspecified atom stereocenters. The molecule has 1 aromatic rings. The van der Waals surface area contributed by atoms with E-state index in [9.17, 15) is 9.59 Å². The van der Waals surface area contributed by atoms with E-state index in [4.69, 9.17) is 5.11 Å². The lowest BCUT2D eigenvalue weighted by Crippen LogP contribution is -2.53. The molecule has 3 aliphatic rings. The molecule has 2 fully saturated rings. The average Bonchev–Trinajstić information content (AvgIpc) is 3.16. The lowest BCUT2D eigenvalue weighted by molar-refractivity contribution is 0.154. The zero-order valence-corrected chi connectivity index (χ0v) is 15.6. The van der Waals surface area contributed by atoms with Crippen molar-refractivity contribution in [2.45, 2.75) is 50.6 Å². The van der Waals surface area contributed by atoms with Gasteiger partial charge in [-0.05, 0) is 31.4 Å². The van der Waals surface area contributed by atoms with E-state index >= 15 is 0 Å². The Kier molecular flexibility index (Phi) is 5.09. The molecule has 1 atom stereocenters. The first-order valence-corrected chi connectivity index (χ1v) is 10.0. The number of hydrogen-bond acceptors (Lipinski definition) is 3. The predicted octanol–water partition coefficient (Wildman–Crippen LogP) is 3.11. The summed E-state index contributed by atoms with van der Waals surface area (Å²) < 4.78 is 0. The second-order valence-electron chi connectivity index (χ2n) is 7.79. The summed E-state index contributed by atoms with van der Waals surface area (Å²) in [7, 11) is 0. The standard InChI is InChI=1S/C20H28N4O3/c25-19(21-15-10-11-22(14-15)20(26)27)24-13-12-23(16-6-2-1-3-7-16)17-8-4-5-9-18(17)24/h4-5,8-9,15-16H,1-3,6-7,10-14H2,(H,21,25)(H,26,27). The van der Waals surface area contributed by atoms with Crippen molar-refractivity contribution in [1.29, 1.82) is 0 Å². The number of rotatable bonds is 2. The summed E-state index contributed by atoms with van der Waals surface area (Å²) in [6.45, 7) is 2.35. The number of fused-ring (bicyclic) bond motifs is 1. The minimum atomic E-state index is -0.918. The van der Waals surface area contributed by atoms with Crippen molar-refractivity contribution in [1.82, 2.24) is 10.2 Å². The van der Waals surface area contributed by atoms with Gasteiger partial charge in [0.2, 0.25) is 0 Å². The van der Waals surface area contributed by atoms with Crippen LogP contribution in [0.3, 0.4) is 0 Å². The molecule has 7 nitrogen and oxygen atoms in total. The van der Waals surface area contributed by atoms with Crippen molar-refractivity contribution in [2.24, 2.45) is 0 Å². The Labute approximate surface area is 159 Å². The maximum Gasteiger partial charge on any atom is 0.407 e. The number of carboxylic acid groups (broad SMARTS) is 1. The van der Waals surface area contributed by atoms with Gasteiger partial charge in [-0.15, -0.1) is 0 Å². The number of carbonyl (C=O) groups is 2. The van der Waals surface area contributed by atoms with E-state index in [-0.39, 0.29) is 12.1 Å². The molecule has 0 radical (unpaired) electrons. The second kappa shape index (κ2) is 7.66. The smallest absolute Gasteiger partial charge is 0.407 e. The third-order valence-electron chi connectivity index (χ3n) is 6.09. The lowest BCUT2D eigenvalue weighted by Gasteiger charge is -2.43. The summed E-state index contributed by atoms with van der Waals surface area (Å²) in [6.07, 6.45) is 6.11. The second-order valence-corrected chi connectivity index (χ2v) is 7.79. The van der Waals surface area contributed by atoms with E-state index in [1.165, 1.54) is 37.0 Å². The zero-order valence-electron chi connectivity index (χ0n) is 15.6. The molecule has 2 aliphatic heterocycles. The molecule has 1 aromatic carbocycles. The molecule has 1 saturated carbocycles. The van der Waals surface area contributed by atoms with Crippen LogP contribution in [0.5, 0.6) is 0 Å².